The van der Waals surface area contributed by atoms with Crippen LogP contribution in [0.4, 0.5) is 0 Å². The highest BCUT2D eigenvalue weighted by atomic mass is 16.3. The summed E-state index contributed by atoms with van der Waals surface area (Å²) in [4.78, 5) is 17.0. The molecule has 1 aliphatic carbocycles. The largest absolute Gasteiger partial charge is 0.393 e. The van der Waals surface area contributed by atoms with Gasteiger partial charge in [-0.05, 0) is 37.3 Å². The van der Waals surface area contributed by atoms with E-state index in [0.29, 0.717) is 6.54 Å². The molecule has 6 heteroatoms. The van der Waals surface area contributed by atoms with Crippen molar-refractivity contribution in [2.45, 2.75) is 44.4 Å². The zero-order chi connectivity index (χ0) is 15.5. The van der Waals surface area contributed by atoms with Crippen molar-refractivity contribution in [1.29, 1.82) is 0 Å². The number of nitrogens with zero attached hydrogens (tertiary/aromatic N) is 1. The Bertz CT molecular complexity index is 504. The molecule has 2 fully saturated rings. The monoisotopic (exact) mass is 304 g/mol. The SMILES string of the molecule is CCC1NNCC1C(=O)NC(c1ccccn1)C1CC(O)C1. The molecule has 0 spiro atoms. The van der Waals surface area contributed by atoms with Gasteiger partial charge in [-0.25, -0.2) is 0 Å². The van der Waals surface area contributed by atoms with Gasteiger partial charge < -0.3 is 10.4 Å². The molecule has 0 radical (unpaired) electrons. The zero-order valence-electron chi connectivity index (χ0n) is 12.8. The predicted octanol–water partition coefficient (Wildman–Crippen LogP) is 0.512. The van der Waals surface area contributed by atoms with E-state index < -0.39 is 0 Å². The van der Waals surface area contributed by atoms with Crippen LogP contribution in [0.1, 0.15) is 37.9 Å². The number of pyridine rings is 1. The minimum Gasteiger partial charge on any atom is -0.393 e. The average Bonchev–Trinajstić information content (AvgIpc) is 2.99. The number of aromatic nitrogens is 1. The number of hydrazine groups is 1. The Kier molecular flexibility index (Phi) is 4.71. The Hall–Kier alpha value is -1.50. The van der Waals surface area contributed by atoms with Gasteiger partial charge in [-0.15, -0.1) is 0 Å². The van der Waals surface area contributed by atoms with E-state index in [1.165, 1.54) is 0 Å². The van der Waals surface area contributed by atoms with Gasteiger partial charge in [0.25, 0.3) is 0 Å². The molecule has 2 heterocycles. The summed E-state index contributed by atoms with van der Waals surface area (Å²) in [7, 11) is 0. The van der Waals surface area contributed by atoms with Crippen LogP contribution in [0, 0.1) is 11.8 Å². The highest BCUT2D eigenvalue weighted by Gasteiger charge is 2.39. The Morgan fingerprint density at radius 2 is 2.32 bits per heavy atom. The molecule has 3 unspecified atom stereocenters. The Balaban J connectivity index is 1.71. The summed E-state index contributed by atoms with van der Waals surface area (Å²) in [5, 5.41) is 12.8. The maximum Gasteiger partial charge on any atom is 0.226 e. The number of nitrogens with one attached hydrogen (secondary N) is 3. The van der Waals surface area contributed by atoms with E-state index in [1.54, 1.807) is 6.20 Å². The third-order valence-electron chi connectivity index (χ3n) is 4.80. The first-order chi connectivity index (χ1) is 10.7. The second-order valence-electron chi connectivity index (χ2n) is 6.27. The summed E-state index contributed by atoms with van der Waals surface area (Å²) in [5.41, 5.74) is 7.09. The number of rotatable bonds is 5. The second kappa shape index (κ2) is 6.73. The van der Waals surface area contributed by atoms with Crippen molar-refractivity contribution in [3.05, 3.63) is 30.1 Å². The first kappa shape index (κ1) is 15.4. The molecule has 22 heavy (non-hydrogen) atoms. The minimum atomic E-state index is -0.244. The van der Waals surface area contributed by atoms with Crippen molar-refractivity contribution in [3.63, 3.8) is 0 Å². The molecule has 1 aromatic rings. The van der Waals surface area contributed by atoms with Gasteiger partial charge in [0, 0.05) is 18.8 Å². The fraction of sp³-hybridized carbons (Fsp3) is 0.625. The lowest BCUT2D eigenvalue weighted by Crippen LogP contribution is -2.46. The smallest absolute Gasteiger partial charge is 0.226 e. The van der Waals surface area contributed by atoms with Crippen molar-refractivity contribution >= 4 is 5.91 Å². The van der Waals surface area contributed by atoms with Gasteiger partial charge in [0.05, 0.1) is 23.8 Å². The zero-order valence-corrected chi connectivity index (χ0v) is 12.8. The molecule has 1 amide bonds. The van der Waals surface area contributed by atoms with Gasteiger partial charge in [0.2, 0.25) is 5.91 Å². The summed E-state index contributed by atoms with van der Waals surface area (Å²) >= 11 is 0. The number of carbonyl (C=O) groups is 1. The molecule has 3 atom stereocenters. The van der Waals surface area contributed by atoms with Crippen molar-refractivity contribution in [3.8, 4) is 0 Å². The molecular weight excluding hydrogens is 280 g/mol. The van der Waals surface area contributed by atoms with Crippen molar-refractivity contribution in [2.75, 3.05) is 6.54 Å². The molecule has 6 nitrogen and oxygen atoms in total. The van der Waals surface area contributed by atoms with Gasteiger partial charge in [0.15, 0.2) is 0 Å². The number of amides is 1. The van der Waals surface area contributed by atoms with E-state index in [9.17, 15) is 9.90 Å². The van der Waals surface area contributed by atoms with E-state index >= 15 is 0 Å². The van der Waals surface area contributed by atoms with Crippen LogP contribution < -0.4 is 16.2 Å². The van der Waals surface area contributed by atoms with Gasteiger partial charge in [-0.1, -0.05) is 13.0 Å². The van der Waals surface area contributed by atoms with Crippen LogP contribution in [0.5, 0.6) is 0 Å². The molecule has 1 saturated carbocycles. The normalized spacial score (nSPS) is 32.3. The summed E-state index contributed by atoms with van der Waals surface area (Å²) < 4.78 is 0. The van der Waals surface area contributed by atoms with E-state index in [2.05, 4.69) is 28.1 Å². The topological polar surface area (TPSA) is 86.3 Å². The molecular formula is C16H24N4O2. The second-order valence-corrected chi connectivity index (χ2v) is 6.27. The molecule has 1 aromatic heterocycles. The number of hydrogen-bond donors (Lipinski definition) is 4. The van der Waals surface area contributed by atoms with Crippen LogP contribution in [0.2, 0.25) is 0 Å². The van der Waals surface area contributed by atoms with Crippen LogP contribution in [0.25, 0.3) is 0 Å². The number of aliphatic hydroxyl groups is 1. The van der Waals surface area contributed by atoms with Gasteiger partial charge in [-0.3, -0.25) is 20.6 Å². The maximum atomic E-state index is 12.6. The van der Waals surface area contributed by atoms with Crippen LogP contribution in [0.15, 0.2) is 24.4 Å². The summed E-state index contributed by atoms with van der Waals surface area (Å²) in [6, 6.07) is 5.80. The summed E-state index contributed by atoms with van der Waals surface area (Å²) in [6.45, 7) is 2.72. The Morgan fingerprint density at radius 3 is 2.95 bits per heavy atom. The van der Waals surface area contributed by atoms with Crippen molar-refractivity contribution in [2.24, 2.45) is 11.8 Å². The van der Waals surface area contributed by atoms with E-state index in [-0.39, 0.29) is 35.9 Å². The molecule has 2 aliphatic rings. The number of aliphatic hydroxyl groups excluding tert-OH is 1. The van der Waals surface area contributed by atoms with E-state index in [1.807, 2.05) is 18.2 Å². The number of carbonyl (C=O) groups excluding carboxylic acids is 1. The molecule has 0 aromatic carbocycles. The van der Waals surface area contributed by atoms with Crippen molar-refractivity contribution in [1.82, 2.24) is 21.2 Å². The lowest BCUT2D eigenvalue weighted by Gasteiger charge is -2.38. The predicted molar refractivity (Wildman–Crippen MR) is 82.6 cm³/mol. The highest BCUT2D eigenvalue weighted by Crippen LogP contribution is 2.37. The third kappa shape index (κ3) is 3.14. The molecule has 120 valence electrons. The lowest BCUT2D eigenvalue weighted by molar-refractivity contribution is -0.127. The van der Waals surface area contributed by atoms with E-state index in [0.717, 1.165) is 25.0 Å². The molecule has 1 saturated heterocycles. The van der Waals surface area contributed by atoms with Gasteiger partial charge in [0.1, 0.15) is 0 Å². The van der Waals surface area contributed by atoms with Crippen molar-refractivity contribution < 1.29 is 9.90 Å². The molecule has 3 rings (SSSR count). The first-order valence-corrected chi connectivity index (χ1v) is 8.06. The summed E-state index contributed by atoms with van der Waals surface area (Å²) in [6.07, 6.45) is 3.85. The lowest BCUT2D eigenvalue weighted by atomic mass is 9.76. The van der Waals surface area contributed by atoms with Crippen LogP contribution >= 0.6 is 0 Å². The molecule has 1 aliphatic heterocycles. The number of hydrogen-bond acceptors (Lipinski definition) is 5. The third-order valence-corrected chi connectivity index (χ3v) is 4.80. The molecule has 0 bridgehead atoms. The fourth-order valence-corrected chi connectivity index (χ4v) is 3.36. The fourth-order valence-electron chi connectivity index (χ4n) is 3.36. The highest BCUT2D eigenvalue weighted by molar-refractivity contribution is 5.80. The van der Waals surface area contributed by atoms with Crippen LogP contribution in [-0.2, 0) is 4.79 Å². The summed E-state index contributed by atoms with van der Waals surface area (Å²) in [5.74, 6) is 0.249. The maximum absolute atomic E-state index is 12.6. The quantitative estimate of drug-likeness (QED) is 0.637. The first-order valence-electron chi connectivity index (χ1n) is 8.06. The molecule has 4 N–H and O–H groups in total. The Labute approximate surface area is 130 Å². The van der Waals surface area contributed by atoms with Gasteiger partial charge in [-0.2, -0.15) is 0 Å². The minimum absolute atomic E-state index is 0.0568. The van der Waals surface area contributed by atoms with Crippen LogP contribution in [0.3, 0.4) is 0 Å². The van der Waals surface area contributed by atoms with Gasteiger partial charge >= 0.3 is 0 Å². The Morgan fingerprint density at radius 1 is 1.50 bits per heavy atom. The van der Waals surface area contributed by atoms with E-state index in [4.69, 9.17) is 0 Å². The standard InChI is InChI=1S/C16H24N4O2/c1-2-13-12(9-18-20-13)16(22)19-15(10-7-11(21)8-10)14-5-3-4-6-17-14/h3-6,10-13,15,18,20-21H,2,7-9H2,1H3,(H,19,22). The average molecular weight is 304 g/mol. The van der Waals surface area contributed by atoms with Crippen LogP contribution in [-0.4, -0.2) is 34.7 Å².